The van der Waals surface area contributed by atoms with Crippen LogP contribution in [0.25, 0.3) is 0 Å². The Hall–Kier alpha value is -0.220. The molecule has 0 spiro atoms. The van der Waals surface area contributed by atoms with E-state index in [1.165, 1.54) is 6.92 Å². The Morgan fingerprint density at radius 3 is 2.20 bits per heavy atom. The zero-order valence-electron chi connectivity index (χ0n) is 6.32. The van der Waals surface area contributed by atoms with Gasteiger partial charge in [-0.2, -0.15) is 0 Å². The Bertz CT molecular complexity index is 83.5. The minimum Gasteiger partial charge on any atom is -0.271 e. The van der Waals surface area contributed by atoms with Gasteiger partial charge in [0, 0.05) is 0 Å². The zero-order valence-corrected chi connectivity index (χ0v) is 6.32. The SMILES string of the molecule is CCC(CF)(NN)C(C)F. The molecule has 4 heteroatoms. The number of rotatable bonds is 4. The van der Waals surface area contributed by atoms with Gasteiger partial charge in [-0.1, -0.05) is 6.92 Å². The highest BCUT2D eigenvalue weighted by Crippen LogP contribution is 2.17. The maximum atomic E-state index is 12.6. The Balaban J connectivity index is 4.15. The quantitative estimate of drug-likeness (QED) is 0.464. The van der Waals surface area contributed by atoms with E-state index in [9.17, 15) is 8.78 Å². The Morgan fingerprint density at radius 2 is 2.20 bits per heavy atom. The predicted octanol–water partition coefficient (Wildman–Crippen LogP) is 0.926. The van der Waals surface area contributed by atoms with Crippen LogP contribution >= 0.6 is 0 Å². The second-order valence-electron chi connectivity index (χ2n) is 2.40. The first kappa shape index (κ1) is 9.78. The maximum Gasteiger partial charge on any atom is 0.119 e. The number of hydrazine groups is 1. The fourth-order valence-corrected chi connectivity index (χ4v) is 0.738. The summed E-state index contributed by atoms with van der Waals surface area (Å²) < 4.78 is 24.8. The standard InChI is InChI=1S/C6H14F2N2/c1-3-6(4-7,10-9)5(2)8/h5,10H,3-4,9H2,1-2H3. The van der Waals surface area contributed by atoms with Gasteiger partial charge in [-0.3, -0.25) is 5.84 Å². The van der Waals surface area contributed by atoms with E-state index in [0.717, 1.165) is 0 Å². The van der Waals surface area contributed by atoms with Gasteiger partial charge in [0.05, 0.1) is 5.54 Å². The van der Waals surface area contributed by atoms with Gasteiger partial charge in [-0.25, -0.2) is 14.2 Å². The molecule has 0 aliphatic rings. The molecule has 0 aromatic heterocycles. The van der Waals surface area contributed by atoms with Crippen molar-refractivity contribution in [2.75, 3.05) is 6.67 Å². The number of hydrogen-bond donors (Lipinski definition) is 2. The Kier molecular flexibility index (Phi) is 3.75. The van der Waals surface area contributed by atoms with E-state index in [2.05, 4.69) is 5.43 Å². The van der Waals surface area contributed by atoms with Crippen molar-refractivity contribution in [1.29, 1.82) is 0 Å². The van der Waals surface area contributed by atoms with Crippen molar-refractivity contribution >= 4 is 0 Å². The third-order valence-corrected chi connectivity index (χ3v) is 1.92. The van der Waals surface area contributed by atoms with Gasteiger partial charge in [-0.15, -0.1) is 0 Å². The van der Waals surface area contributed by atoms with Crippen LogP contribution in [0.1, 0.15) is 20.3 Å². The van der Waals surface area contributed by atoms with Crippen LogP contribution in [-0.4, -0.2) is 18.4 Å². The molecular formula is C6H14F2N2. The van der Waals surface area contributed by atoms with Gasteiger partial charge in [0.2, 0.25) is 0 Å². The van der Waals surface area contributed by atoms with Crippen molar-refractivity contribution in [1.82, 2.24) is 5.43 Å². The zero-order chi connectivity index (χ0) is 8.20. The van der Waals surface area contributed by atoms with Crippen LogP contribution in [0.3, 0.4) is 0 Å². The predicted molar refractivity (Wildman–Crippen MR) is 36.9 cm³/mol. The topological polar surface area (TPSA) is 38.0 Å². The highest BCUT2D eigenvalue weighted by molar-refractivity contribution is 4.89. The summed E-state index contributed by atoms with van der Waals surface area (Å²) in [6.45, 7) is 2.20. The van der Waals surface area contributed by atoms with Gasteiger partial charge in [-0.05, 0) is 13.3 Å². The first-order valence-electron chi connectivity index (χ1n) is 3.30. The Labute approximate surface area is 59.8 Å². The molecule has 62 valence electrons. The molecule has 0 aromatic carbocycles. The van der Waals surface area contributed by atoms with Gasteiger partial charge in [0.15, 0.2) is 0 Å². The smallest absolute Gasteiger partial charge is 0.119 e. The molecule has 0 bridgehead atoms. The highest BCUT2D eigenvalue weighted by Gasteiger charge is 2.33. The number of nitrogens with two attached hydrogens (primary N) is 1. The number of nitrogens with one attached hydrogen (secondary N) is 1. The summed E-state index contributed by atoms with van der Waals surface area (Å²) in [5.41, 5.74) is 0.984. The van der Waals surface area contributed by atoms with Crippen LogP contribution in [0.5, 0.6) is 0 Å². The summed E-state index contributed by atoms with van der Waals surface area (Å²) in [4.78, 5) is 0. The molecule has 0 fully saturated rings. The molecular weight excluding hydrogens is 138 g/mol. The molecule has 2 unspecified atom stereocenters. The molecule has 2 nitrogen and oxygen atoms in total. The molecule has 0 saturated carbocycles. The van der Waals surface area contributed by atoms with Crippen LogP contribution in [-0.2, 0) is 0 Å². The summed E-state index contributed by atoms with van der Waals surface area (Å²) in [7, 11) is 0. The third-order valence-electron chi connectivity index (χ3n) is 1.92. The molecule has 2 atom stereocenters. The lowest BCUT2D eigenvalue weighted by Gasteiger charge is -2.30. The van der Waals surface area contributed by atoms with Crippen molar-refractivity contribution in [3.05, 3.63) is 0 Å². The van der Waals surface area contributed by atoms with E-state index in [1.807, 2.05) is 0 Å². The van der Waals surface area contributed by atoms with Crippen molar-refractivity contribution in [2.24, 2.45) is 5.84 Å². The lowest BCUT2D eigenvalue weighted by molar-refractivity contribution is 0.123. The molecule has 0 heterocycles. The minimum atomic E-state index is -1.27. The average molecular weight is 152 g/mol. The van der Waals surface area contributed by atoms with E-state index in [0.29, 0.717) is 6.42 Å². The summed E-state index contributed by atoms with van der Waals surface area (Å²) in [6.07, 6.45) is -0.926. The average Bonchev–Trinajstić information content (AvgIpc) is 1.92. The fraction of sp³-hybridized carbons (Fsp3) is 1.00. The van der Waals surface area contributed by atoms with Crippen LogP contribution in [0.4, 0.5) is 8.78 Å². The first-order valence-corrected chi connectivity index (χ1v) is 3.30. The van der Waals surface area contributed by atoms with Crippen LogP contribution in [0.2, 0.25) is 0 Å². The second kappa shape index (κ2) is 3.83. The van der Waals surface area contributed by atoms with Crippen molar-refractivity contribution in [2.45, 2.75) is 32.0 Å². The summed E-state index contributed by atoms with van der Waals surface area (Å²) >= 11 is 0. The van der Waals surface area contributed by atoms with E-state index >= 15 is 0 Å². The maximum absolute atomic E-state index is 12.6. The largest absolute Gasteiger partial charge is 0.271 e. The molecule has 0 aromatic rings. The Morgan fingerprint density at radius 1 is 1.70 bits per heavy atom. The lowest BCUT2D eigenvalue weighted by Crippen LogP contribution is -2.56. The minimum absolute atomic E-state index is 0.345. The van der Waals surface area contributed by atoms with Crippen molar-refractivity contribution < 1.29 is 8.78 Å². The van der Waals surface area contributed by atoms with E-state index in [-0.39, 0.29) is 0 Å². The van der Waals surface area contributed by atoms with Gasteiger partial charge < -0.3 is 0 Å². The molecule has 3 N–H and O–H groups in total. The molecule has 0 aliphatic heterocycles. The van der Waals surface area contributed by atoms with E-state index in [4.69, 9.17) is 5.84 Å². The number of hydrogen-bond acceptors (Lipinski definition) is 2. The summed E-state index contributed by atoms with van der Waals surface area (Å²) in [6, 6.07) is 0. The van der Waals surface area contributed by atoms with Crippen molar-refractivity contribution in [3.8, 4) is 0 Å². The molecule has 0 aliphatic carbocycles. The van der Waals surface area contributed by atoms with E-state index < -0.39 is 18.4 Å². The molecule has 10 heavy (non-hydrogen) atoms. The molecule has 0 radical (unpaired) electrons. The fourth-order valence-electron chi connectivity index (χ4n) is 0.738. The van der Waals surface area contributed by atoms with Crippen LogP contribution in [0, 0.1) is 0 Å². The van der Waals surface area contributed by atoms with Crippen LogP contribution < -0.4 is 11.3 Å². The van der Waals surface area contributed by atoms with Gasteiger partial charge in [0.25, 0.3) is 0 Å². The number of alkyl halides is 2. The molecule has 0 saturated heterocycles. The number of halogens is 2. The summed E-state index contributed by atoms with van der Waals surface area (Å²) in [5.74, 6) is 5.00. The third kappa shape index (κ3) is 1.64. The first-order chi connectivity index (χ1) is 4.63. The van der Waals surface area contributed by atoms with Crippen molar-refractivity contribution in [3.63, 3.8) is 0 Å². The second-order valence-corrected chi connectivity index (χ2v) is 2.40. The summed E-state index contributed by atoms with van der Waals surface area (Å²) in [5, 5.41) is 0. The van der Waals surface area contributed by atoms with Gasteiger partial charge >= 0.3 is 0 Å². The highest BCUT2D eigenvalue weighted by atomic mass is 19.1. The molecule has 0 amide bonds. The van der Waals surface area contributed by atoms with Gasteiger partial charge in [0.1, 0.15) is 12.8 Å². The normalized spacial score (nSPS) is 20.1. The monoisotopic (exact) mass is 152 g/mol. The lowest BCUT2D eigenvalue weighted by atomic mass is 9.94. The van der Waals surface area contributed by atoms with Crippen LogP contribution in [0.15, 0.2) is 0 Å². The van der Waals surface area contributed by atoms with E-state index in [1.54, 1.807) is 6.92 Å². The molecule has 0 rings (SSSR count).